The molecular formula is C22H31F3OS2. The van der Waals surface area contributed by atoms with Crippen LogP contribution in [-0.2, 0) is 31.9 Å². The Morgan fingerprint density at radius 2 is 1.46 bits per heavy atom. The zero-order valence-electron chi connectivity index (χ0n) is 17.7. The SMILES string of the molecule is CC.COc1sc2c(c1C(C)C)CCC2.Cc1sc(C(F)(F)F)c2c1CCC2. The van der Waals surface area contributed by atoms with Crippen LogP contribution < -0.4 is 4.74 Å². The largest absolute Gasteiger partial charge is 0.487 e. The van der Waals surface area contributed by atoms with Crippen LogP contribution in [0.15, 0.2) is 0 Å². The number of hydrogen-bond acceptors (Lipinski definition) is 3. The van der Waals surface area contributed by atoms with E-state index in [0.29, 0.717) is 17.9 Å². The Hall–Kier alpha value is -1.01. The zero-order valence-corrected chi connectivity index (χ0v) is 19.3. The van der Waals surface area contributed by atoms with E-state index in [1.165, 1.54) is 24.8 Å². The summed E-state index contributed by atoms with van der Waals surface area (Å²) in [7, 11) is 1.78. The highest BCUT2D eigenvalue weighted by Crippen LogP contribution is 2.44. The number of aryl methyl sites for hydroxylation is 2. The third kappa shape index (κ3) is 4.76. The van der Waals surface area contributed by atoms with Crippen LogP contribution in [0.1, 0.15) is 83.3 Å². The van der Waals surface area contributed by atoms with Gasteiger partial charge in [0.1, 0.15) is 4.88 Å². The molecule has 2 aromatic rings. The molecule has 2 aliphatic rings. The highest BCUT2D eigenvalue weighted by atomic mass is 32.1. The van der Waals surface area contributed by atoms with Crippen molar-refractivity contribution in [2.75, 3.05) is 7.11 Å². The van der Waals surface area contributed by atoms with Crippen molar-refractivity contribution in [1.82, 2.24) is 0 Å². The molecule has 0 aromatic carbocycles. The summed E-state index contributed by atoms with van der Waals surface area (Å²) >= 11 is 2.75. The summed E-state index contributed by atoms with van der Waals surface area (Å²) in [5.41, 5.74) is 4.59. The molecule has 4 rings (SSSR count). The van der Waals surface area contributed by atoms with Crippen molar-refractivity contribution >= 4 is 22.7 Å². The number of ether oxygens (including phenoxy) is 1. The number of halogens is 3. The number of rotatable bonds is 2. The van der Waals surface area contributed by atoms with Gasteiger partial charge in [-0.1, -0.05) is 27.7 Å². The minimum atomic E-state index is -4.15. The maximum absolute atomic E-state index is 12.5. The molecule has 0 N–H and O–H groups in total. The van der Waals surface area contributed by atoms with Gasteiger partial charge in [-0.2, -0.15) is 13.2 Å². The van der Waals surface area contributed by atoms with E-state index in [4.69, 9.17) is 4.74 Å². The topological polar surface area (TPSA) is 9.23 Å². The molecule has 2 heterocycles. The second kappa shape index (κ2) is 9.66. The molecule has 6 heteroatoms. The molecule has 0 amide bonds. The number of thiophene rings is 2. The van der Waals surface area contributed by atoms with Crippen LogP contribution in [0.5, 0.6) is 5.06 Å². The van der Waals surface area contributed by atoms with E-state index in [0.717, 1.165) is 39.7 Å². The van der Waals surface area contributed by atoms with Crippen molar-refractivity contribution in [1.29, 1.82) is 0 Å². The number of hydrogen-bond donors (Lipinski definition) is 0. The lowest BCUT2D eigenvalue weighted by Gasteiger charge is -2.08. The number of fused-ring (bicyclic) bond motifs is 2. The zero-order chi connectivity index (χ0) is 21.1. The van der Waals surface area contributed by atoms with Crippen molar-refractivity contribution in [2.24, 2.45) is 0 Å². The molecule has 1 nitrogen and oxygen atoms in total. The Morgan fingerprint density at radius 1 is 0.893 bits per heavy atom. The first-order chi connectivity index (χ1) is 13.2. The Labute approximate surface area is 174 Å². The molecule has 0 saturated carbocycles. The molecule has 0 fully saturated rings. The lowest BCUT2D eigenvalue weighted by Crippen LogP contribution is -2.04. The molecule has 0 unspecified atom stereocenters. The van der Waals surface area contributed by atoms with Crippen LogP contribution in [0.4, 0.5) is 13.2 Å². The van der Waals surface area contributed by atoms with Gasteiger partial charge in [-0.3, -0.25) is 0 Å². The summed E-state index contributed by atoms with van der Waals surface area (Å²) in [6, 6.07) is 0. The van der Waals surface area contributed by atoms with Crippen LogP contribution in [0, 0.1) is 6.92 Å². The predicted octanol–water partition coefficient (Wildman–Crippen LogP) is 7.96. The fourth-order valence-corrected chi connectivity index (χ4v) is 6.50. The molecule has 158 valence electrons. The number of alkyl halides is 3. The fourth-order valence-electron chi connectivity index (χ4n) is 4.03. The lowest BCUT2D eigenvalue weighted by atomic mass is 10.0. The second-order valence-corrected chi connectivity index (χ2v) is 9.51. The first-order valence-corrected chi connectivity index (χ1v) is 11.7. The molecule has 0 radical (unpaired) electrons. The average molecular weight is 433 g/mol. The van der Waals surface area contributed by atoms with Gasteiger partial charge in [0.15, 0.2) is 5.06 Å². The van der Waals surface area contributed by atoms with Crippen molar-refractivity contribution in [2.45, 2.75) is 85.2 Å². The van der Waals surface area contributed by atoms with E-state index in [1.54, 1.807) is 24.5 Å². The van der Waals surface area contributed by atoms with Gasteiger partial charge in [0.2, 0.25) is 0 Å². The van der Waals surface area contributed by atoms with Crippen molar-refractivity contribution < 1.29 is 17.9 Å². The molecular weight excluding hydrogens is 401 g/mol. The average Bonchev–Trinajstić information content (AvgIpc) is 3.37. The predicted molar refractivity (Wildman–Crippen MR) is 114 cm³/mol. The van der Waals surface area contributed by atoms with E-state index in [-0.39, 0.29) is 4.88 Å². The van der Waals surface area contributed by atoms with E-state index in [2.05, 4.69) is 13.8 Å². The maximum Gasteiger partial charge on any atom is 0.425 e. The monoisotopic (exact) mass is 432 g/mol. The van der Waals surface area contributed by atoms with E-state index in [1.807, 2.05) is 25.2 Å². The van der Waals surface area contributed by atoms with Gasteiger partial charge < -0.3 is 4.74 Å². The highest BCUT2D eigenvalue weighted by molar-refractivity contribution is 7.14. The highest BCUT2D eigenvalue weighted by Gasteiger charge is 2.38. The Morgan fingerprint density at radius 3 is 2.04 bits per heavy atom. The van der Waals surface area contributed by atoms with Crippen molar-refractivity contribution in [3.8, 4) is 5.06 Å². The van der Waals surface area contributed by atoms with Gasteiger partial charge >= 0.3 is 6.18 Å². The van der Waals surface area contributed by atoms with Gasteiger partial charge in [0.25, 0.3) is 0 Å². The Bertz CT molecular complexity index is 785. The molecule has 28 heavy (non-hydrogen) atoms. The summed E-state index contributed by atoms with van der Waals surface area (Å²) in [5.74, 6) is 0.605. The Balaban J connectivity index is 0.000000184. The van der Waals surface area contributed by atoms with E-state index < -0.39 is 6.18 Å². The maximum atomic E-state index is 12.5. The van der Waals surface area contributed by atoms with Crippen LogP contribution >= 0.6 is 22.7 Å². The standard InChI is InChI=1S/C11H16OS.C9H9F3S.C2H6/c1-7(2)10-8-5-4-6-9(8)13-11(10)12-3;1-5-6-3-2-4-7(6)8(13-5)9(10,11)12;1-2/h7H,4-6H2,1-3H3;2-4H2,1H3;1-2H3. The van der Waals surface area contributed by atoms with Crippen LogP contribution in [0.25, 0.3) is 0 Å². The summed E-state index contributed by atoms with van der Waals surface area (Å²) < 4.78 is 42.8. The van der Waals surface area contributed by atoms with E-state index >= 15 is 0 Å². The summed E-state index contributed by atoms with van der Waals surface area (Å²) in [5, 5.41) is 1.15. The van der Waals surface area contributed by atoms with Gasteiger partial charge in [-0.25, -0.2) is 0 Å². The molecule has 0 saturated heterocycles. The molecule has 0 aliphatic heterocycles. The van der Waals surface area contributed by atoms with Gasteiger partial charge in [-0.15, -0.1) is 22.7 Å². The summed E-state index contributed by atoms with van der Waals surface area (Å²) in [6.07, 6.45) is 2.04. The van der Waals surface area contributed by atoms with Gasteiger partial charge in [0.05, 0.1) is 7.11 Å². The summed E-state index contributed by atoms with van der Waals surface area (Å²) in [6.45, 7) is 10.3. The van der Waals surface area contributed by atoms with Crippen molar-refractivity contribution in [3.63, 3.8) is 0 Å². The van der Waals surface area contributed by atoms with Crippen molar-refractivity contribution in [3.05, 3.63) is 36.9 Å². The number of methoxy groups -OCH3 is 1. The minimum Gasteiger partial charge on any atom is -0.487 e. The van der Waals surface area contributed by atoms with Crippen LogP contribution in [0.2, 0.25) is 0 Å². The van der Waals surface area contributed by atoms with E-state index in [9.17, 15) is 13.2 Å². The third-order valence-corrected chi connectivity index (χ3v) is 7.62. The second-order valence-electron chi connectivity index (χ2n) is 7.21. The molecule has 2 aromatic heterocycles. The normalized spacial score (nSPS) is 14.8. The minimum absolute atomic E-state index is 0.363. The smallest absolute Gasteiger partial charge is 0.425 e. The first kappa shape index (κ1) is 23.3. The fraction of sp³-hybridized carbons (Fsp3) is 0.636. The van der Waals surface area contributed by atoms with Crippen LogP contribution in [0.3, 0.4) is 0 Å². The third-order valence-electron chi connectivity index (χ3n) is 5.12. The summed E-state index contributed by atoms with van der Waals surface area (Å²) in [4.78, 5) is 2.05. The lowest BCUT2D eigenvalue weighted by molar-refractivity contribution is -0.134. The van der Waals surface area contributed by atoms with Gasteiger partial charge in [0, 0.05) is 15.3 Å². The molecule has 0 spiro atoms. The first-order valence-electron chi connectivity index (χ1n) is 10.1. The molecule has 2 aliphatic carbocycles. The molecule has 0 atom stereocenters. The molecule has 0 bridgehead atoms. The van der Waals surface area contributed by atoms with Gasteiger partial charge in [-0.05, 0) is 68.1 Å². The quantitative estimate of drug-likeness (QED) is 0.468. The Kier molecular flexibility index (Phi) is 8.03. The van der Waals surface area contributed by atoms with Crippen LogP contribution in [-0.4, -0.2) is 7.11 Å².